The van der Waals surface area contributed by atoms with E-state index >= 15 is 0 Å². The Hall–Kier alpha value is -1.32. The van der Waals surface area contributed by atoms with Gasteiger partial charge in [-0.3, -0.25) is 0 Å². The maximum atomic E-state index is 5.79. The number of nitrogens with one attached hydrogen (secondary N) is 1. The van der Waals surface area contributed by atoms with Gasteiger partial charge in [-0.05, 0) is 60.9 Å². The van der Waals surface area contributed by atoms with E-state index in [0.29, 0.717) is 12.0 Å². The van der Waals surface area contributed by atoms with Crippen molar-refractivity contribution >= 4 is 11.3 Å². The lowest BCUT2D eigenvalue weighted by Gasteiger charge is -2.29. The van der Waals surface area contributed by atoms with Crippen LogP contribution in [0.1, 0.15) is 47.7 Å². The normalized spacial score (nSPS) is 18.9. The molecule has 0 radical (unpaired) electrons. The Morgan fingerprint density at radius 1 is 1.33 bits per heavy atom. The summed E-state index contributed by atoms with van der Waals surface area (Å²) in [6, 6.07) is 11.2. The molecule has 0 amide bonds. The summed E-state index contributed by atoms with van der Waals surface area (Å²) in [5, 5.41) is 5.87. The first-order valence-electron chi connectivity index (χ1n) is 7.78. The van der Waals surface area contributed by atoms with E-state index in [9.17, 15) is 0 Å². The maximum Gasteiger partial charge on any atom is 0.122 e. The third-order valence-electron chi connectivity index (χ3n) is 4.27. The van der Waals surface area contributed by atoms with E-state index in [1.165, 1.54) is 16.0 Å². The fourth-order valence-corrected chi connectivity index (χ4v) is 4.23. The second-order valence-electron chi connectivity index (χ2n) is 5.69. The van der Waals surface area contributed by atoms with Crippen LogP contribution in [0.15, 0.2) is 35.7 Å². The van der Waals surface area contributed by atoms with Gasteiger partial charge in [0, 0.05) is 10.9 Å². The molecule has 0 fully saturated rings. The van der Waals surface area contributed by atoms with Crippen LogP contribution in [0.2, 0.25) is 0 Å². The number of rotatable bonds is 5. The highest BCUT2D eigenvalue weighted by atomic mass is 32.1. The topological polar surface area (TPSA) is 21.3 Å². The van der Waals surface area contributed by atoms with Crippen LogP contribution >= 0.6 is 11.3 Å². The molecule has 0 aliphatic carbocycles. The predicted molar refractivity (Wildman–Crippen MR) is 89.4 cm³/mol. The minimum atomic E-state index is 0.450. The number of hydrogen-bond acceptors (Lipinski definition) is 3. The Labute approximate surface area is 131 Å². The van der Waals surface area contributed by atoms with Gasteiger partial charge in [-0.1, -0.05) is 25.1 Å². The summed E-state index contributed by atoms with van der Waals surface area (Å²) < 4.78 is 5.79. The predicted octanol–water partition coefficient (Wildman–Crippen LogP) is 4.66. The Morgan fingerprint density at radius 2 is 2.19 bits per heavy atom. The van der Waals surface area contributed by atoms with Gasteiger partial charge in [0.25, 0.3) is 0 Å². The summed E-state index contributed by atoms with van der Waals surface area (Å²) in [5.74, 6) is 1.66. The van der Waals surface area contributed by atoms with Crippen molar-refractivity contribution in [2.45, 2.75) is 38.6 Å². The van der Waals surface area contributed by atoms with Crippen LogP contribution in [0.5, 0.6) is 5.75 Å². The molecule has 2 nitrogen and oxygen atoms in total. The Kier molecular flexibility index (Phi) is 4.61. The lowest BCUT2D eigenvalue weighted by atomic mass is 9.86. The number of ether oxygens (including phenoxy) is 1. The van der Waals surface area contributed by atoms with E-state index in [2.05, 4.69) is 54.9 Å². The molecule has 1 aliphatic heterocycles. The van der Waals surface area contributed by atoms with Crippen LogP contribution < -0.4 is 10.1 Å². The Balaban J connectivity index is 1.83. The van der Waals surface area contributed by atoms with Gasteiger partial charge in [0.05, 0.1) is 6.61 Å². The molecule has 1 aliphatic rings. The smallest absolute Gasteiger partial charge is 0.122 e. The quantitative estimate of drug-likeness (QED) is 0.867. The molecule has 3 heteroatoms. The molecule has 0 bridgehead atoms. The van der Waals surface area contributed by atoms with Crippen molar-refractivity contribution in [1.29, 1.82) is 0 Å². The molecule has 2 unspecified atom stereocenters. The molecule has 1 aromatic carbocycles. The van der Waals surface area contributed by atoms with Crippen molar-refractivity contribution in [1.82, 2.24) is 5.32 Å². The molecule has 2 heterocycles. The van der Waals surface area contributed by atoms with Crippen LogP contribution in [0.3, 0.4) is 0 Å². The SMILES string of the molecule is CCNC(CC1CCOc2ccccc21)c1sccc1C. The van der Waals surface area contributed by atoms with Gasteiger partial charge in [-0.2, -0.15) is 0 Å². The number of benzene rings is 1. The zero-order valence-corrected chi connectivity index (χ0v) is 13.6. The van der Waals surface area contributed by atoms with Crippen LogP contribution in [-0.4, -0.2) is 13.2 Å². The zero-order valence-electron chi connectivity index (χ0n) is 12.8. The van der Waals surface area contributed by atoms with Crippen LogP contribution in [0, 0.1) is 6.92 Å². The van der Waals surface area contributed by atoms with Crippen molar-refractivity contribution in [2.24, 2.45) is 0 Å². The average molecular weight is 301 g/mol. The Morgan fingerprint density at radius 3 is 2.95 bits per heavy atom. The summed E-state index contributed by atoms with van der Waals surface area (Å²) in [6.07, 6.45) is 2.26. The second-order valence-corrected chi connectivity index (χ2v) is 6.63. The highest BCUT2D eigenvalue weighted by Crippen LogP contribution is 2.40. The third kappa shape index (κ3) is 3.14. The monoisotopic (exact) mass is 301 g/mol. The number of hydrogen-bond donors (Lipinski definition) is 1. The molecule has 2 atom stereocenters. The van der Waals surface area contributed by atoms with Crippen LogP contribution in [0.25, 0.3) is 0 Å². The molecule has 3 rings (SSSR count). The minimum Gasteiger partial charge on any atom is -0.493 e. The highest BCUT2D eigenvalue weighted by molar-refractivity contribution is 7.10. The fraction of sp³-hybridized carbons (Fsp3) is 0.444. The molecule has 1 aromatic heterocycles. The molecule has 0 saturated carbocycles. The van der Waals surface area contributed by atoms with Crippen LogP contribution in [0.4, 0.5) is 0 Å². The van der Waals surface area contributed by atoms with Gasteiger partial charge in [0.2, 0.25) is 0 Å². The van der Waals surface area contributed by atoms with Crippen LogP contribution in [-0.2, 0) is 0 Å². The third-order valence-corrected chi connectivity index (χ3v) is 5.40. The van der Waals surface area contributed by atoms with Crippen molar-refractivity contribution < 1.29 is 4.74 Å². The van der Waals surface area contributed by atoms with E-state index < -0.39 is 0 Å². The van der Waals surface area contributed by atoms with Gasteiger partial charge in [0.15, 0.2) is 0 Å². The van der Waals surface area contributed by atoms with Gasteiger partial charge < -0.3 is 10.1 Å². The summed E-state index contributed by atoms with van der Waals surface area (Å²) in [7, 11) is 0. The molecular formula is C18H23NOS. The summed E-state index contributed by atoms with van der Waals surface area (Å²) >= 11 is 1.87. The first kappa shape index (κ1) is 14.6. The zero-order chi connectivity index (χ0) is 14.7. The Bertz CT molecular complexity index is 592. The standard InChI is InChI=1S/C18H23NOS/c1-3-19-16(18-13(2)9-11-21-18)12-14-8-10-20-17-7-5-4-6-15(14)17/h4-7,9,11,14,16,19H,3,8,10,12H2,1-2H3. The first-order chi connectivity index (χ1) is 10.3. The van der Waals surface area contributed by atoms with Crippen molar-refractivity contribution in [3.63, 3.8) is 0 Å². The van der Waals surface area contributed by atoms with Crippen molar-refractivity contribution in [2.75, 3.05) is 13.2 Å². The maximum absolute atomic E-state index is 5.79. The highest BCUT2D eigenvalue weighted by Gasteiger charge is 2.25. The van der Waals surface area contributed by atoms with Gasteiger partial charge in [0.1, 0.15) is 5.75 Å². The summed E-state index contributed by atoms with van der Waals surface area (Å²) in [5.41, 5.74) is 2.78. The fourth-order valence-electron chi connectivity index (χ4n) is 3.22. The second kappa shape index (κ2) is 6.63. The van der Waals surface area contributed by atoms with Gasteiger partial charge in [-0.25, -0.2) is 0 Å². The average Bonchev–Trinajstić information content (AvgIpc) is 2.93. The molecule has 2 aromatic rings. The van der Waals surface area contributed by atoms with Gasteiger partial charge in [-0.15, -0.1) is 11.3 Å². The molecule has 21 heavy (non-hydrogen) atoms. The lowest BCUT2D eigenvalue weighted by molar-refractivity contribution is 0.256. The number of aryl methyl sites for hydroxylation is 1. The number of para-hydroxylation sites is 1. The van der Waals surface area contributed by atoms with Crippen molar-refractivity contribution in [3.05, 3.63) is 51.7 Å². The molecule has 112 valence electrons. The van der Waals surface area contributed by atoms with Crippen molar-refractivity contribution in [3.8, 4) is 5.75 Å². The number of fused-ring (bicyclic) bond motifs is 1. The number of thiophene rings is 1. The molecule has 0 spiro atoms. The molecular weight excluding hydrogens is 278 g/mol. The lowest BCUT2D eigenvalue weighted by Crippen LogP contribution is -2.25. The minimum absolute atomic E-state index is 0.450. The largest absolute Gasteiger partial charge is 0.493 e. The summed E-state index contributed by atoms with van der Waals surface area (Å²) in [6.45, 7) is 6.25. The van der Waals surface area contributed by atoms with Gasteiger partial charge >= 0.3 is 0 Å². The van der Waals surface area contributed by atoms with E-state index in [4.69, 9.17) is 4.74 Å². The van der Waals surface area contributed by atoms with E-state index in [1.54, 1.807) is 0 Å². The first-order valence-corrected chi connectivity index (χ1v) is 8.66. The molecule has 1 N–H and O–H groups in total. The molecule has 0 saturated heterocycles. The van der Waals surface area contributed by atoms with E-state index in [1.807, 2.05) is 11.3 Å². The van der Waals surface area contributed by atoms with E-state index in [0.717, 1.165) is 31.7 Å². The van der Waals surface area contributed by atoms with E-state index in [-0.39, 0.29) is 0 Å². The summed E-state index contributed by atoms with van der Waals surface area (Å²) in [4.78, 5) is 1.49.